The number of aromatic nitrogens is 2. The molecule has 0 spiro atoms. The summed E-state index contributed by atoms with van der Waals surface area (Å²) in [7, 11) is 0. The van der Waals surface area contributed by atoms with E-state index in [1.807, 2.05) is 0 Å². The molecule has 2 heterocycles. The molecule has 1 aliphatic carbocycles. The van der Waals surface area contributed by atoms with Crippen LogP contribution in [0.3, 0.4) is 0 Å². The Bertz CT molecular complexity index is 437. The maximum absolute atomic E-state index is 4.51. The molecule has 1 saturated heterocycles. The van der Waals surface area contributed by atoms with Crippen molar-refractivity contribution in [3.63, 3.8) is 0 Å². The number of nitrogens with zero attached hydrogens (tertiary/aromatic N) is 2. The van der Waals surface area contributed by atoms with E-state index in [9.17, 15) is 0 Å². The van der Waals surface area contributed by atoms with Crippen LogP contribution in [0.5, 0.6) is 0 Å². The van der Waals surface area contributed by atoms with Crippen molar-refractivity contribution in [1.29, 1.82) is 0 Å². The Balaban J connectivity index is 1.86. The van der Waals surface area contributed by atoms with Crippen LogP contribution in [0.25, 0.3) is 0 Å². The molecule has 2 unspecified atom stereocenters. The molecule has 2 fully saturated rings. The fourth-order valence-corrected chi connectivity index (χ4v) is 5.16. The van der Waals surface area contributed by atoms with Crippen LogP contribution in [0.1, 0.15) is 57.7 Å². The van der Waals surface area contributed by atoms with E-state index in [2.05, 4.69) is 53.0 Å². The molecule has 1 aromatic rings. The Labute approximate surface area is 126 Å². The Kier molecular flexibility index (Phi) is 4.41. The molecule has 0 amide bonds. The summed E-state index contributed by atoms with van der Waals surface area (Å²) in [5, 5.41) is 4.28. The van der Waals surface area contributed by atoms with Crippen molar-refractivity contribution in [2.45, 2.75) is 62.7 Å². The lowest BCUT2D eigenvalue weighted by Crippen LogP contribution is -2.39. The minimum absolute atomic E-state index is 0.311. The van der Waals surface area contributed by atoms with Crippen LogP contribution in [0, 0.1) is 0 Å². The van der Waals surface area contributed by atoms with Gasteiger partial charge in [-0.15, -0.1) is 0 Å². The Hall–Kier alpha value is -0.480. The smallest absolute Gasteiger partial charge is 0.0951 e. The number of nitrogens with one attached hydrogen (secondary N) is 1. The zero-order chi connectivity index (χ0) is 14.0. The number of hydrogen-bond acceptors (Lipinski definition) is 3. The van der Waals surface area contributed by atoms with E-state index < -0.39 is 0 Å². The average molecular weight is 293 g/mol. The second-order valence-corrected chi connectivity index (χ2v) is 8.01. The Morgan fingerprint density at radius 3 is 2.95 bits per heavy atom. The maximum atomic E-state index is 4.51. The molecule has 0 aromatic carbocycles. The normalized spacial score (nSPS) is 29.7. The van der Waals surface area contributed by atoms with Gasteiger partial charge in [0.25, 0.3) is 0 Å². The third-order valence-electron chi connectivity index (χ3n) is 5.15. The summed E-state index contributed by atoms with van der Waals surface area (Å²) in [6.45, 7) is 6.99. The van der Waals surface area contributed by atoms with Crippen LogP contribution in [-0.2, 0) is 5.41 Å². The minimum Gasteiger partial charge on any atom is -0.330 e. The van der Waals surface area contributed by atoms with Crippen LogP contribution in [0.2, 0.25) is 0 Å². The Morgan fingerprint density at radius 2 is 2.20 bits per heavy atom. The molecule has 1 aromatic heterocycles. The van der Waals surface area contributed by atoms with E-state index in [-0.39, 0.29) is 0 Å². The molecule has 4 heteroatoms. The quantitative estimate of drug-likeness (QED) is 0.923. The molecule has 20 heavy (non-hydrogen) atoms. The molecule has 1 aliphatic heterocycles. The van der Waals surface area contributed by atoms with Gasteiger partial charge in [-0.3, -0.25) is 0 Å². The number of hydrogen-bond donors (Lipinski definition) is 1. The highest BCUT2D eigenvalue weighted by Gasteiger charge is 2.36. The molecular weight excluding hydrogens is 266 g/mol. The second kappa shape index (κ2) is 6.10. The molecule has 3 nitrogen and oxygen atoms in total. The molecule has 0 bridgehead atoms. The molecule has 1 N–H and O–H groups in total. The first-order chi connectivity index (χ1) is 9.74. The van der Waals surface area contributed by atoms with Crippen LogP contribution in [-0.4, -0.2) is 33.6 Å². The van der Waals surface area contributed by atoms with Gasteiger partial charge >= 0.3 is 0 Å². The zero-order valence-corrected chi connectivity index (χ0v) is 13.6. The Morgan fingerprint density at radius 1 is 1.40 bits per heavy atom. The minimum atomic E-state index is 0.311. The highest BCUT2D eigenvalue weighted by Crippen LogP contribution is 2.42. The molecule has 1 saturated carbocycles. The summed E-state index contributed by atoms with van der Waals surface area (Å²) in [5.74, 6) is 1.23. The van der Waals surface area contributed by atoms with Crippen molar-refractivity contribution in [3.8, 4) is 0 Å². The van der Waals surface area contributed by atoms with Gasteiger partial charge in [-0.05, 0) is 44.5 Å². The van der Waals surface area contributed by atoms with Gasteiger partial charge in [0, 0.05) is 28.6 Å². The SMILES string of the molecule is CCSC1CCCC1n1cncc1C1(C)CCNCC1. The van der Waals surface area contributed by atoms with E-state index in [1.54, 1.807) is 0 Å². The fourth-order valence-electron chi connectivity index (χ4n) is 3.90. The van der Waals surface area contributed by atoms with E-state index in [0.29, 0.717) is 11.5 Å². The topological polar surface area (TPSA) is 29.9 Å². The highest BCUT2D eigenvalue weighted by molar-refractivity contribution is 7.99. The van der Waals surface area contributed by atoms with Crippen molar-refractivity contribution in [1.82, 2.24) is 14.9 Å². The number of piperidine rings is 1. The van der Waals surface area contributed by atoms with Gasteiger partial charge in [-0.2, -0.15) is 11.8 Å². The first-order valence-electron chi connectivity index (χ1n) is 8.09. The molecule has 0 radical (unpaired) electrons. The van der Waals surface area contributed by atoms with Crippen molar-refractivity contribution in [2.24, 2.45) is 0 Å². The third-order valence-corrected chi connectivity index (χ3v) is 6.46. The van der Waals surface area contributed by atoms with Crippen molar-refractivity contribution >= 4 is 11.8 Å². The zero-order valence-electron chi connectivity index (χ0n) is 12.8. The van der Waals surface area contributed by atoms with Gasteiger partial charge in [0.1, 0.15) is 0 Å². The summed E-state index contributed by atoms with van der Waals surface area (Å²) in [6.07, 6.45) is 10.8. The lowest BCUT2D eigenvalue weighted by Gasteiger charge is -2.36. The van der Waals surface area contributed by atoms with Crippen LogP contribution in [0.4, 0.5) is 0 Å². The molecule has 2 aliphatic rings. The van der Waals surface area contributed by atoms with Crippen LogP contribution in [0.15, 0.2) is 12.5 Å². The van der Waals surface area contributed by atoms with E-state index in [4.69, 9.17) is 0 Å². The predicted molar refractivity (Wildman–Crippen MR) is 86.5 cm³/mol. The van der Waals surface area contributed by atoms with Crippen LogP contribution < -0.4 is 5.32 Å². The number of rotatable bonds is 4. The lowest BCUT2D eigenvalue weighted by atomic mass is 9.78. The molecule has 2 atom stereocenters. The van der Waals surface area contributed by atoms with Crippen molar-refractivity contribution < 1.29 is 0 Å². The third kappa shape index (κ3) is 2.64. The summed E-state index contributed by atoms with van der Waals surface area (Å²) >= 11 is 2.14. The van der Waals surface area contributed by atoms with Gasteiger partial charge in [0.15, 0.2) is 0 Å². The summed E-state index contributed by atoms with van der Waals surface area (Å²) in [6, 6.07) is 0.671. The van der Waals surface area contributed by atoms with Gasteiger partial charge in [-0.1, -0.05) is 20.3 Å². The van der Waals surface area contributed by atoms with Crippen molar-refractivity contribution in [2.75, 3.05) is 18.8 Å². The maximum Gasteiger partial charge on any atom is 0.0951 e. The molecule has 3 rings (SSSR count). The van der Waals surface area contributed by atoms with Gasteiger partial charge < -0.3 is 9.88 Å². The summed E-state index contributed by atoms with van der Waals surface area (Å²) in [4.78, 5) is 4.51. The van der Waals surface area contributed by atoms with E-state index in [1.165, 1.54) is 43.6 Å². The van der Waals surface area contributed by atoms with Crippen molar-refractivity contribution in [3.05, 3.63) is 18.2 Å². The van der Waals surface area contributed by atoms with Gasteiger partial charge in [-0.25, -0.2) is 4.98 Å². The van der Waals surface area contributed by atoms with E-state index in [0.717, 1.165) is 18.3 Å². The summed E-state index contributed by atoms with van der Waals surface area (Å²) in [5.41, 5.74) is 1.79. The van der Waals surface area contributed by atoms with Crippen LogP contribution >= 0.6 is 11.8 Å². The first-order valence-corrected chi connectivity index (χ1v) is 9.14. The number of imidazole rings is 1. The largest absolute Gasteiger partial charge is 0.330 e. The lowest BCUT2D eigenvalue weighted by molar-refractivity contribution is 0.308. The predicted octanol–water partition coefficient (Wildman–Crippen LogP) is 3.37. The summed E-state index contributed by atoms with van der Waals surface area (Å²) < 4.78 is 2.53. The monoisotopic (exact) mass is 293 g/mol. The average Bonchev–Trinajstić information content (AvgIpc) is 3.08. The molecular formula is C16H27N3S. The molecule has 112 valence electrons. The van der Waals surface area contributed by atoms with E-state index >= 15 is 0 Å². The first kappa shape index (κ1) is 14.5. The highest BCUT2D eigenvalue weighted by atomic mass is 32.2. The van der Waals surface area contributed by atoms with Gasteiger partial charge in [0.2, 0.25) is 0 Å². The second-order valence-electron chi connectivity index (χ2n) is 6.49. The fraction of sp³-hybridized carbons (Fsp3) is 0.812. The number of thioether (sulfide) groups is 1. The standard InChI is InChI=1S/C16H27N3S/c1-3-20-14-6-4-5-13(14)19-12-18-11-15(19)16(2)7-9-17-10-8-16/h11-14,17H,3-10H2,1-2H3. The van der Waals surface area contributed by atoms with Gasteiger partial charge in [0.05, 0.1) is 6.33 Å².